The van der Waals surface area contributed by atoms with Gasteiger partial charge < -0.3 is 10.1 Å². The molecule has 0 aromatic carbocycles. The summed E-state index contributed by atoms with van der Waals surface area (Å²) >= 11 is 0. The molecule has 0 bridgehead atoms. The Hall–Kier alpha value is -0.570. The van der Waals surface area contributed by atoms with E-state index in [1.54, 1.807) is 7.11 Å². The van der Waals surface area contributed by atoms with E-state index in [4.69, 9.17) is 4.74 Å². The highest BCUT2D eigenvalue weighted by atomic mass is 16.5. The fourth-order valence-corrected chi connectivity index (χ4v) is 1.31. The number of nitrogens with one attached hydrogen (secondary N) is 1. The Morgan fingerprint density at radius 2 is 1.69 bits per heavy atom. The highest BCUT2D eigenvalue weighted by Crippen LogP contribution is 2.30. The number of methoxy groups -OCH3 is 1. The van der Waals surface area contributed by atoms with Crippen LogP contribution < -0.4 is 5.32 Å². The van der Waals surface area contributed by atoms with E-state index in [9.17, 15) is 4.79 Å². The first-order valence-corrected chi connectivity index (χ1v) is 5.96. The molecule has 0 spiro atoms. The van der Waals surface area contributed by atoms with Gasteiger partial charge in [-0.15, -0.1) is 0 Å². The van der Waals surface area contributed by atoms with Crippen molar-refractivity contribution in [2.75, 3.05) is 20.3 Å². The second-order valence-electron chi connectivity index (χ2n) is 6.19. The molecule has 0 rings (SSSR count). The molecule has 0 atom stereocenters. The number of amides is 1. The first kappa shape index (κ1) is 15.4. The number of carbonyl (C=O) groups excluding carboxylic acids is 1. The molecule has 1 amide bonds. The van der Waals surface area contributed by atoms with E-state index in [1.807, 2.05) is 13.8 Å². The molecular weight excluding hydrogens is 202 g/mol. The number of rotatable bonds is 6. The van der Waals surface area contributed by atoms with Crippen LogP contribution in [0.4, 0.5) is 0 Å². The molecule has 0 aliphatic heterocycles. The van der Waals surface area contributed by atoms with Gasteiger partial charge in [-0.25, -0.2) is 0 Å². The van der Waals surface area contributed by atoms with Crippen molar-refractivity contribution in [1.82, 2.24) is 5.32 Å². The number of carbonyl (C=O) groups is 1. The molecule has 0 heterocycles. The summed E-state index contributed by atoms with van der Waals surface area (Å²) in [4.78, 5) is 11.9. The minimum Gasteiger partial charge on any atom is -0.383 e. The van der Waals surface area contributed by atoms with Gasteiger partial charge in [0.05, 0.1) is 6.61 Å². The monoisotopic (exact) mass is 229 g/mol. The summed E-state index contributed by atoms with van der Waals surface area (Å²) in [5.41, 5.74) is -0.00883. The maximum Gasteiger partial charge on any atom is 0.225 e. The molecule has 16 heavy (non-hydrogen) atoms. The van der Waals surface area contributed by atoms with Crippen molar-refractivity contribution in [2.45, 2.75) is 47.5 Å². The Bertz CT molecular complexity index is 216. The molecule has 0 aromatic rings. The van der Waals surface area contributed by atoms with Gasteiger partial charge in [0, 0.05) is 19.1 Å². The standard InChI is InChI=1S/C13H27NO2/c1-12(2,3)7-8-13(4,5)11(15)14-9-10-16-6/h7-10H2,1-6H3,(H,14,15). The Balaban J connectivity index is 4.05. The zero-order valence-electron chi connectivity index (χ0n) is 11.6. The summed E-state index contributed by atoms with van der Waals surface area (Å²) in [5, 5.41) is 2.90. The van der Waals surface area contributed by atoms with Crippen molar-refractivity contribution in [2.24, 2.45) is 10.8 Å². The summed E-state index contributed by atoms with van der Waals surface area (Å²) in [5.74, 6) is 0.119. The molecule has 3 nitrogen and oxygen atoms in total. The topological polar surface area (TPSA) is 38.3 Å². The quantitative estimate of drug-likeness (QED) is 0.711. The molecule has 96 valence electrons. The average Bonchev–Trinajstić information content (AvgIpc) is 2.14. The second-order valence-corrected chi connectivity index (χ2v) is 6.19. The maximum absolute atomic E-state index is 11.9. The number of hydrogen-bond acceptors (Lipinski definition) is 2. The molecule has 0 aliphatic rings. The van der Waals surface area contributed by atoms with Gasteiger partial charge in [-0.1, -0.05) is 34.6 Å². The first-order valence-electron chi connectivity index (χ1n) is 5.96. The molecule has 0 aromatic heterocycles. The predicted octanol–water partition coefficient (Wildman–Crippen LogP) is 2.60. The Morgan fingerprint density at radius 1 is 1.12 bits per heavy atom. The van der Waals surface area contributed by atoms with Crippen molar-refractivity contribution in [3.8, 4) is 0 Å². The van der Waals surface area contributed by atoms with E-state index in [1.165, 1.54) is 0 Å². The zero-order chi connectivity index (χ0) is 12.8. The van der Waals surface area contributed by atoms with Crippen LogP contribution in [0.5, 0.6) is 0 Å². The van der Waals surface area contributed by atoms with Crippen molar-refractivity contribution in [1.29, 1.82) is 0 Å². The molecule has 0 saturated carbocycles. The normalized spacial score (nSPS) is 12.6. The van der Waals surface area contributed by atoms with Crippen LogP contribution in [0, 0.1) is 10.8 Å². The van der Waals surface area contributed by atoms with Crippen molar-refractivity contribution in [3.05, 3.63) is 0 Å². The lowest BCUT2D eigenvalue weighted by Crippen LogP contribution is -2.39. The minimum atomic E-state index is -0.291. The van der Waals surface area contributed by atoms with Gasteiger partial charge in [0.1, 0.15) is 0 Å². The Morgan fingerprint density at radius 3 is 2.12 bits per heavy atom. The fraction of sp³-hybridized carbons (Fsp3) is 0.923. The van der Waals surface area contributed by atoms with Gasteiger partial charge in [0.2, 0.25) is 5.91 Å². The average molecular weight is 229 g/mol. The fourth-order valence-electron chi connectivity index (χ4n) is 1.31. The lowest BCUT2D eigenvalue weighted by Gasteiger charge is -2.27. The molecule has 0 fully saturated rings. The lowest BCUT2D eigenvalue weighted by molar-refractivity contribution is -0.130. The smallest absolute Gasteiger partial charge is 0.225 e. The van der Waals surface area contributed by atoms with E-state index in [-0.39, 0.29) is 16.7 Å². The Kier molecular flexibility index (Phi) is 6.01. The van der Waals surface area contributed by atoms with E-state index in [0.29, 0.717) is 13.2 Å². The third-order valence-electron chi connectivity index (χ3n) is 2.71. The molecular formula is C13H27NO2. The molecule has 0 unspecified atom stereocenters. The zero-order valence-corrected chi connectivity index (χ0v) is 11.6. The lowest BCUT2D eigenvalue weighted by atomic mass is 9.79. The van der Waals surface area contributed by atoms with E-state index in [0.717, 1.165) is 12.8 Å². The minimum absolute atomic E-state index is 0.119. The van der Waals surface area contributed by atoms with Crippen LogP contribution in [0.2, 0.25) is 0 Å². The summed E-state index contributed by atoms with van der Waals surface area (Å²) in [7, 11) is 1.64. The third-order valence-corrected chi connectivity index (χ3v) is 2.71. The summed E-state index contributed by atoms with van der Waals surface area (Å²) in [6, 6.07) is 0. The molecule has 0 aliphatic carbocycles. The number of ether oxygens (including phenoxy) is 1. The van der Waals surface area contributed by atoms with E-state index < -0.39 is 0 Å². The molecule has 1 N–H and O–H groups in total. The summed E-state index contributed by atoms with van der Waals surface area (Å²) in [6.45, 7) is 11.8. The van der Waals surface area contributed by atoms with Gasteiger partial charge in [0.25, 0.3) is 0 Å². The van der Waals surface area contributed by atoms with Crippen LogP contribution in [0.25, 0.3) is 0 Å². The molecule has 3 heteroatoms. The van der Waals surface area contributed by atoms with Gasteiger partial charge in [0.15, 0.2) is 0 Å². The van der Waals surface area contributed by atoms with E-state index >= 15 is 0 Å². The van der Waals surface area contributed by atoms with Gasteiger partial charge in [-0.05, 0) is 18.3 Å². The van der Waals surface area contributed by atoms with Crippen molar-refractivity contribution >= 4 is 5.91 Å². The largest absolute Gasteiger partial charge is 0.383 e. The SMILES string of the molecule is COCCNC(=O)C(C)(C)CCC(C)(C)C. The van der Waals surface area contributed by atoms with Crippen molar-refractivity contribution < 1.29 is 9.53 Å². The van der Waals surface area contributed by atoms with Crippen LogP contribution in [0.15, 0.2) is 0 Å². The first-order chi connectivity index (χ1) is 7.19. The van der Waals surface area contributed by atoms with Crippen LogP contribution >= 0.6 is 0 Å². The van der Waals surface area contributed by atoms with Crippen LogP contribution in [0.3, 0.4) is 0 Å². The van der Waals surface area contributed by atoms with Crippen molar-refractivity contribution in [3.63, 3.8) is 0 Å². The Labute approximate surface area is 99.9 Å². The van der Waals surface area contributed by atoms with Crippen LogP contribution in [-0.2, 0) is 9.53 Å². The maximum atomic E-state index is 11.9. The summed E-state index contributed by atoms with van der Waals surface area (Å²) < 4.78 is 4.90. The van der Waals surface area contributed by atoms with E-state index in [2.05, 4.69) is 26.1 Å². The summed E-state index contributed by atoms with van der Waals surface area (Å²) in [6.07, 6.45) is 1.97. The van der Waals surface area contributed by atoms with Gasteiger partial charge >= 0.3 is 0 Å². The predicted molar refractivity (Wildman–Crippen MR) is 67.4 cm³/mol. The second kappa shape index (κ2) is 6.24. The van der Waals surface area contributed by atoms with Gasteiger partial charge in [-0.2, -0.15) is 0 Å². The third kappa shape index (κ3) is 6.83. The molecule has 0 radical (unpaired) electrons. The van der Waals surface area contributed by atoms with Gasteiger partial charge in [-0.3, -0.25) is 4.79 Å². The number of hydrogen-bond donors (Lipinski definition) is 1. The highest BCUT2D eigenvalue weighted by Gasteiger charge is 2.28. The van der Waals surface area contributed by atoms with Crippen LogP contribution in [0.1, 0.15) is 47.5 Å². The highest BCUT2D eigenvalue weighted by molar-refractivity contribution is 5.81. The van der Waals surface area contributed by atoms with Crippen LogP contribution in [-0.4, -0.2) is 26.2 Å². The molecule has 0 saturated heterocycles.